The number of nitrogens with one attached hydrogen (secondary N) is 1. The quantitative estimate of drug-likeness (QED) is 0.612. The summed E-state index contributed by atoms with van der Waals surface area (Å²) < 4.78 is 0. The molecule has 0 saturated heterocycles. The lowest BCUT2D eigenvalue weighted by Gasteiger charge is -2.30. The van der Waals surface area contributed by atoms with Crippen molar-refractivity contribution in [1.82, 2.24) is 10.2 Å². The number of carbonyl (C=O) groups excluding carboxylic acids is 1. The number of rotatable bonds is 11. The van der Waals surface area contributed by atoms with Gasteiger partial charge in [-0.3, -0.25) is 4.79 Å². The van der Waals surface area contributed by atoms with E-state index in [-0.39, 0.29) is 5.91 Å². The minimum Gasteiger partial charge on any atom is -0.368 e. The molecule has 1 amide bonds. The molecule has 0 saturated carbocycles. The lowest BCUT2D eigenvalue weighted by atomic mass is 9.96. The highest BCUT2D eigenvalue weighted by Crippen LogP contribution is 2.12. The predicted molar refractivity (Wildman–Crippen MR) is 86.6 cm³/mol. The first-order valence-corrected chi connectivity index (χ1v) is 7.92. The van der Waals surface area contributed by atoms with Crippen molar-refractivity contribution in [2.45, 2.75) is 59.4 Å². The molecule has 3 N–H and O–H groups in total. The van der Waals surface area contributed by atoms with Crippen molar-refractivity contribution in [2.75, 3.05) is 26.7 Å². The zero-order valence-electron chi connectivity index (χ0n) is 14.3. The summed E-state index contributed by atoms with van der Waals surface area (Å²) in [4.78, 5) is 14.0. The van der Waals surface area contributed by atoms with Gasteiger partial charge in [0.2, 0.25) is 5.91 Å². The Balaban J connectivity index is 4.42. The van der Waals surface area contributed by atoms with Crippen molar-refractivity contribution in [2.24, 2.45) is 17.6 Å². The van der Waals surface area contributed by atoms with E-state index in [4.69, 9.17) is 5.73 Å². The third-order valence-corrected chi connectivity index (χ3v) is 4.07. The van der Waals surface area contributed by atoms with Crippen molar-refractivity contribution < 1.29 is 4.79 Å². The Morgan fingerprint density at radius 3 is 1.85 bits per heavy atom. The highest BCUT2D eigenvalue weighted by atomic mass is 16.1. The van der Waals surface area contributed by atoms with Gasteiger partial charge in [-0.1, -0.05) is 27.7 Å². The molecule has 1 atom stereocenters. The molecule has 120 valence electrons. The molecule has 4 heteroatoms. The smallest absolute Gasteiger partial charge is 0.237 e. The van der Waals surface area contributed by atoms with E-state index in [9.17, 15) is 4.79 Å². The molecule has 0 fully saturated rings. The standard InChI is InChI=1S/C16H35N3O/c1-13(2)7-10-19(11-8-14(3)4)12-9-16(5,18-6)15(17)20/h13-14,18H,7-12H2,1-6H3,(H2,17,20). The monoisotopic (exact) mass is 285 g/mol. The van der Waals surface area contributed by atoms with Gasteiger partial charge in [0.05, 0.1) is 5.54 Å². The van der Waals surface area contributed by atoms with Crippen LogP contribution in [-0.4, -0.2) is 43.0 Å². The molecular weight excluding hydrogens is 250 g/mol. The second-order valence-electron chi connectivity index (χ2n) is 6.90. The summed E-state index contributed by atoms with van der Waals surface area (Å²) in [6.07, 6.45) is 3.16. The first-order valence-electron chi connectivity index (χ1n) is 7.92. The number of nitrogens with two attached hydrogens (primary N) is 1. The Kier molecular flexibility index (Phi) is 9.06. The second kappa shape index (κ2) is 9.35. The van der Waals surface area contributed by atoms with E-state index in [1.807, 2.05) is 6.92 Å². The number of amides is 1. The fraction of sp³-hybridized carbons (Fsp3) is 0.938. The van der Waals surface area contributed by atoms with Crippen LogP contribution in [0, 0.1) is 11.8 Å². The summed E-state index contributed by atoms with van der Waals surface area (Å²) in [6.45, 7) is 14.0. The van der Waals surface area contributed by atoms with Gasteiger partial charge in [-0.25, -0.2) is 0 Å². The summed E-state index contributed by atoms with van der Waals surface area (Å²) in [6, 6.07) is 0. The number of hydrogen-bond donors (Lipinski definition) is 2. The lowest BCUT2D eigenvalue weighted by Crippen LogP contribution is -2.53. The zero-order valence-corrected chi connectivity index (χ0v) is 14.3. The second-order valence-corrected chi connectivity index (χ2v) is 6.90. The zero-order chi connectivity index (χ0) is 15.8. The Morgan fingerprint density at radius 2 is 1.55 bits per heavy atom. The predicted octanol–water partition coefficient (Wildman–Crippen LogP) is 2.23. The first kappa shape index (κ1) is 19.4. The summed E-state index contributed by atoms with van der Waals surface area (Å²) in [5.41, 5.74) is 4.89. The van der Waals surface area contributed by atoms with Crippen LogP contribution in [0.2, 0.25) is 0 Å². The van der Waals surface area contributed by atoms with Gasteiger partial charge in [0, 0.05) is 6.54 Å². The fourth-order valence-corrected chi connectivity index (χ4v) is 1.97. The molecule has 0 bridgehead atoms. The molecule has 0 aliphatic heterocycles. The third kappa shape index (κ3) is 7.85. The normalized spacial score (nSPS) is 15.1. The number of hydrogen-bond acceptors (Lipinski definition) is 3. The Morgan fingerprint density at radius 1 is 1.10 bits per heavy atom. The van der Waals surface area contributed by atoms with Crippen LogP contribution in [0.5, 0.6) is 0 Å². The van der Waals surface area contributed by atoms with Crippen LogP contribution in [0.1, 0.15) is 53.9 Å². The molecule has 1 unspecified atom stereocenters. The molecular formula is C16H35N3O. The number of carbonyl (C=O) groups is 1. The highest BCUT2D eigenvalue weighted by molar-refractivity contribution is 5.84. The minimum atomic E-state index is -0.603. The number of nitrogens with zero attached hydrogens (tertiary/aromatic N) is 1. The van der Waals surface area contributed by atoms with Crippen molar-refractivity contribution in [3.05, 3.63) is 0 Å². The van der Waals surface area contributed by atoms with Gasteiger partial charge in [0.15, 0.2) is 0 Å². The number of likely N-dealkylation sites (N-methyl/N-ethyl adjacent to an activating group) is 1. The maximum absolute atomic E-state index is 11.5. The average Bonchev–Trinajstić information content (AvgIpc) is 2.36. The molecule has 0 aliphatic carbocycles. The van der Waals surface area contributed by atoms with Crippen molar-refractivity contribution in [3.8, 4) is 0 Å². The van der Waals surface area contributed by atoms with Gasteiger partial charge in [-0.2, -0.15) is 0 Å². The van der Waals surface area contributed by atoms with Gasteiger partial charge in [-0.15, -0.1) is 0 Å². The van der Waals surface area contributed by atoms with E-state index >= 15 is 0 Å². The molecule has 0 aliphatic rings. The lowest BCUT2D eigenvalue weighted by molar-refractivity contribution is -0.124. The van der Waals surface area contributed by atoms with E-state index in [2.05, 4.69) is 37.9 Å². The van der Waals surface area contributed by atoms with Crippen molar-refractivity contribution in [1.29, 1.82) is 0 Å². The van der Waals surface area contributed by atoms with Crippen LogP contribution >= 0.6 is 0 Å². The fourth-order valence-electron chi connectivity index (χ4n) is 1.97. The van der Waals surface area contributed by atoms with Crippen LogP contribution in [-0.2, 0) is 4.79 Å². The van der Waals surface area contributed by atoms with Crippen LogP contribution in [0.15, 0.2) is 0 Å². The highest BCUT2D eigenvalue weighted by Gasteiger charge is 2.29. The summed E-state index contributed by atoms with van der Waals surface area (Å²) in [5.74, 6) is 1.15. The first-order chi connectivity index (χ1) is 9.21. The van der Waals surface area contributed by atoms with Gasteiger partial charge in [0.25, 0.3) is 0 Å². The Labute approximate surface area is 125 Å². The third-order valence-electron chi connectivity index (χ3n) is 4.07. The number of primary amides is 1. The summed E-state index contributed by atoms with van der Waals surface area (Å²) >= 11 is 0. The van der Waals surface area contributed by atoms with Gasteiger partial charge in [-0.05, 0) is 58.2 Å². The Bertz CT molecular complexity index is 267. The van der Waals surface area contributed by atoms with Crippen molar-refractivity contribution >= 4 is 5.91 Å². The molecule has 0 aromatic carbocycles. The van der Waals surface area contributed by atoms with Crippen LogP contribution in [0.3, 0.4) is 0 Å². The Hall–Kier alpha value is -0.610. The average molecular weight is 285 g/mol. The van der Waals surface area contributed by atoms with Gasteiger partial charge < -0.3 is 16.0 Å². The van der Waals surface area contributed by atoms with E-state index in [0.717, 1.165) is 26.1 Å². The molecule has 4 nitrogen and oxygen atoms in total. The largest absolute Gasteiger partial charge is 0.368 e. The van der Waals surface area contributed by atoms with Gasteiger partial charge >= 0.3 is 0 Å². The molecule has 0 radical (unpaired) electrons. The van der Waals surface area contributed by atoms with Crippen molar-refractivity contribution in [3.63, 3.8) is 0 Å². The van der Waals surface area contributed by atoms with E-state index in [1.54, 1.807) is 7.05 Å². The SMILES string of the molecule is CNC(C)(CCN(CCC(C)C)CCC(C)C)C(N)=O. The van der Waals surface area contributed by atoms with Crippen LogP contribution < -0.4 is 11.1 Å². The van der Waals surface area contributed by atoms with Crippen LogP contribution in [0.25, 0.3) is 0 Å². The summed E-state index contributed by atoms with van der Waals surface area (Å²) in [5, 5.41) is 3.06. The minimum absolute atomic E-state index is 0.271. The topological polar surface area (TPSA) is 58.4 Å². The maximum Gasteiger partial charge on any atom is 0.237 e. The molecule has 20 heavy (non-hydrogen) atoms. The van der Waals surface area contributed by atoms with Gasteiger partial charge in [0.1, 0.15) is 0 Å². The molecule has 0 spiro atoms. The van der Waals surface area contributed by atoms with Crippen LogP contribution in [0.4, 0.5) is 0 Å². The summed E-state index contributed by atoms with van der Waals surface area (Å²) in [7, 11) is 1.80. The molecule has 0 heterocycles. The molecule has 0 aromatic heterocycles. The van der Waals surface area contributed by atoms with E-state index in [0.29, 0.717) is 11.8 Å². The van der Waals surface area contributed by atoms with E-state index < -0.39 is 5.54 Å². The van der Waals surface area contributed by atoms with E-state index in [1.165, 1.54) is 12.8 Å². The maximum atomic E-state index is 11.5. The molecule has 0 aromatic rings. The molecule has 0 rings (SSSR count).